The third-order valence-electron chi connectivity index (χ3n) is 15.8. The van der Waals surface area contributed by atoms with Crippen LogP contribution in [0.5, 0.6) is 11.5 Å². The van der Waals surface area contributed by atoms with Crippen molar-refractivity contribution in [2.75, 3.05) is 14.1 Å². The van der Waals surface area contributed by atoms with Gasteiger partial charge in [-0.25, -0.2) is 33.9 Å². The van der Waals surface area contributed by atoms with Crippen LogP contribution in [0.15, 0.2) is 64.2 Å². The Kier molecular flexibility index (Phi) is 15.2. The van der Waals surface area contributed by atoms with Crippen LogP contribution in [-0.4, -0.2) is 104 Å². The summed E-state index contributed by atoms with van der Waals surface area (Å²) in [4.78, 5) is 103. The molecule has 2 aromatic carbocycles. The van der Waals surface area contributed by atoms with Crippen molar-refractivity contribution in [1.29, 1.82) is 0 Å². The van der Waals surface area contributed by atoms with Crippen LogP contribution in [0, 0.1) is 0 Å². The molecule has 2 N–H and O–H groups in total. The van der Waals surface area contributed by atoms with E-state index in [4.69, 9.17) is 42.8 Å². The summed E-state index contributed by atoms with van der Waals surface area (Å²) in [5.74, 6) is -2.75. The molecule has 4 aliphatic heterocycles. The molecule has 0 bridgehead atoms. The summed E-state index contributed by atoms with van der Waals surface area (Å²) in [6.45, 7) is 22.3. The summed E-state index contributed by atoms with van der Waals surface area (Å²) in [6.07, 6.45) is -3.13. The van der Waals surface area contributed by atoms with Crippen LogP contribution in [0.2, 0.25) is 18.1 Å². The number of aliphatic hydroxyl groups is 1. The van der Waals surface area contributed by atoms with Gasteiger partial charge in [0, 0.05) is 45.1 Å². The molecule has 0 fully saturated rings. The number of benzene rings is 2. The van der Waals surface area contributed by atoms with Crippen LogP contribution in [0.4, 0.5) is 4.79 Å². The summed E-state index contributed by atoms with van der Waals surface area (Å²) in [5.41, 5.74) is 1.66. The van der Waals surface area contributed by atoms with Crippen LogP contribution in [0.25, 0.3) is 44.6 Å². The number of carbonyl (C=O) groups is 5. The summed E-state index contributed by atoms with van der Waals surface area (Å²) in [7, 11) is 1.48. The second-order valence-corrected chi connectivity index (χ2v) is 28.7. The molecular formula is C60H69N5O16Si. The summed E-state index contributed by atoms with van der Waals surface area (Å²) < 4.78 is 42.3. The molecular weight excluding hydrogens is 1070 g/mol. The molecule has 4 aromatic heterocycles. The van der Waals surface area contributed by atoms with Gasteiger partial charge in [0.1, 0.15) is 42.5 Å². The fourth-order valence-corrected chi connectivity index (χ4v) is 11.8. The molecule has 0 amide bonds. The summed E-state index contributed by atoms with van der Waals surface area (Å²) in [5, 5.41) is 21.5. The molecule has 434 valence electrons. The van der Waals surface area contributed by atoms with Gasteiger partial charge in [-0.05, 0) is 134 Å². The minimum absolute atomic E-state index is 0.0192. The number of cyclic esters (lactones) is 2. The lowest BCUT2D eigenvalue weighted by Gasteiger charge is -2.39. The number of aliphatic hydroxyl groups excluding tert-OH is 1. The molecule has 6 aromatic rings. The highest BCUT2D eigenvalue weighted by Gasteiger charge is 2.53. The minimum Gasteiger partial charge on any atom is -0.508 e. The highest BCUT2D eigenvalue weighted by molar-refractivity contribution is 6.74. The van der Waals surface area contributed by atoms with Crippen molar-refractivity contribution in [2.45, 2.75) is 162 Å². The molecule has 4 atom stereocenters. The normalized spacial score (nSPS) is 18.6. The Labute approximate surface area is 474 Å². The monoisotopic (exact) mass is 1140 g/mol. The van der Waals surface area contributed by atoms with Crippen molar-refractivity contribution in [1.82, 2.24) is 24.0 Å². The Morgan fingerprint density at radius 3 is 1.76 bits per heavy atom. The molecule has 0 radical (unpaired) electrons. The van der Waals surface area contributed by atoms with E-state index < -0.39 is 67.4 Å². The van der Waals surface area contributed by atoms with Crippen molar-refractivity contribution in [3.05, 3.63) is 114 Å². The smallest absolute Gasteiger partial charge is 0.508 e. The Balaban J connectivity index is 0.000000203. The number of nitrogens with zero attached hydrogens (tertiary/aromatic N) is 5. The number of phenols is 1. The van der Waals surface area contributed by atoms with Crippen molar-refractivity contribution < 1.29 is 67.0 Å². The number of carbonyl (C=O) groups excluding carboxylic acids is 5. The fraction of sp³-hybridized carbons (Fsp3) is 0.450. The van der Waals surface area contributed by atoms with Gasteiger partial charge < -0.3 is 57.1 Å². The first-order valence-electron chi connectivity index (χ1n) is 27.2. The SMILES string of the molecule is CC[C@@]1(OC(=O)[C@H](C)O)C(=O)OCc2c1cc1n(c2=O)Cc2cc3c(CN(C)C)c(O)ccc3nc2-1.CC[C@@]1(OC(=O)[C@H](C)O[Si](C)(C)C(C)(C)C)C(=O)OCc2c1cc1n(c2=O)Cc2cc3cc(OC(=O)OC(C)(C)C)ccc3nc2-1. The van der Waals surface area contributed by atoms with Gasteiger partial charge in [-0.1, -0.05) is 34.6 Å². The highest BCUT2D eigenvalue weighted by atomic mass is 28.4. The van der Waals surface area contributed by atoms with E-state index >= 15 is 0 Å². The van der Waals surface area contributed by atoms with Gasteiger partial charge in [0.15, 0.2) is 8.32 Å². The van der Waals surface area contributed by atoms with Crippen LogP contribution in [-0.2, 0) is 91.3 Å². The number of aromatic hydroxyl groups is 1. The molecule has 21 nitrogen and oxygen atoms in total. The van der Waals surface area contributed by atoms with Gasteiger partial charge in [-0.2, -0.15) is 0 Å². The number of ether oxygens (including phenoxy) is 6. The van der Waals surface area contributed by atoms with Gasteiger partial charge in [-0.3, -0.25) is 9.59 Å². The number of hydrogen-bond acceptors (Lipinski definition) is 19. The Hall–Kier alpha value is -7.79. The zero-order valence-corrected chi connectivity index (χ0v) is 49.6. The van der Waals surface area contributed by atoms with Gasteiger partial charge in [0.25, 0.3) is 11.1 Å². The number of phenolic OH excluding ortho intramolecular Hbond substituents is 1. The van der Waals surface area contributed by atoms with Gasteiger partial charge in [0.2, 0.25) is 11.2 Å². The van der Waals surface area contributed by atoms with Gasteiger partial charge in [0.05, 0.1) is 58.0 Å². The number of pyridine rings is 4. The van der Waals surface area contributed by atoms with Gasteiger partial charge in [-0.15, -0.1) is 0 Å². The second-order valence-electron chi connectivity index (χ2n) is 24.0. The first kappa shape index (κ1) is 58.8. The number of aromatic nitrogens is 4. The van der Waals surface area contributed by atoms with E-state index in [0.29, 0.717) is 57.1 Å². The lowest BCUT2D eigenvalue weighted by molar-refractivity contribution is -0.193. The molecule has 10 rings (SSSR count). The van der Waals surface area contributed by atoms with Crippen LogP contribution in [0.3, 0.4) is 0 Å². The molecule has 4 aliphatic rings. The van der Waals surface area contributed by atoms with E-state index in [1.807, 2.05) is 44.2 Å². The first-order valence-corrected chi connectivity index (χ1v) is 30.1. The average molecular weight is 1140 g/mol. The number of rotatable bonds is 11. The van der Waals surface area contributed by atoms with Crippen molar-refractivity contribution in [3.63, 3.8) is 0 Å². The molecule has 0 spiro atoms. The Morgan fingerprint density at radius 2 is 1.26 bits per heavy atom. The van der Waals surface area contributed by atoms with E-state index in [1.165, 1.54) is 6.92 Å². The zero-order chi connectivity index (χ0) is 59.9. The summed E-state index contributed by atoms with van der Waals surface area (Å²) in [6, 6.07) is 15.6. The highest BCUT2D eigenvalue weighted by Crippen LogP contribution is 2.45. The molecule has 8 heterocycles. The molecule has 0 unspecified atom stereocenters. The maximum absolute atomic E-state index is 13.9. The van der Waals surface area contributed by atoms with Crippen molar-refractivity contribution in [3.8, 4) is 34.3 Å². The third kappa shape index (κ3) is 10.4. The molecule has 22 heteroatoms. The lowest BCUT2D eigenvalue weighted by Crippen LogP contribution is -2.50. The lowest BCUT2D eigenvalue weighted by atomic mass is 9.85. The van der Waals surface area contributed by atoms with E-state index in [-0.39, 0.29) is 77.7 Å². The predicted octanol–water partition coefficient (Wildman–Crippen LogP) is 8.13. The maximum Gasteiger partial charge on any atom is 0.514 e. The third-order valence-corrected chi connectivity index (χ3v) is 20.3. The predicted molar refractivity (Wildman–Crippen MR) is 302 cm³/mol. The fourth-order valence-electron chi connectivity index (χ4n) is 10.5. The van der Waals surface area contributed by atoms with Crippen molar-refractivity contribution >= 4 is 60.2 Å². The molecule has 0 saturated carbocycles. The van der Waals surface area contributed by atoms with Crippen LogP contribution in [0.1, 0.15) is 121 Å². The summed E-state index contributed by atoms with van der Waals surface area (Å²) >= 11 is 0. The molecule has 0 saturated heterocycles. The number of hydrogen-bond donors (Lipinski definition) is 2. The quantitative estimate of drug-likeness (QED) is 0.0536. The Bertz CT molecular complexity index is 3800. The van der Waals surface area contributed by atoms with E-state index in [1.54, 1.807) is 93.1 Å². The topological polar surface area (TPSA) is 263 Å². The molecule has 82 heavy (non-hydrogen) atoms. The number of esters is 4. The van der Waals surface area contributed by atoms with Crippen LogP contribution < -0.4 is 15.9 Å². The standard InChI is InChI=1S/C34H42N2O9Si.C26H27N3O7/c1-11-34(43-29(38)19(2)45-46(9,10)33(6,7)8)24-16-26-27-21(17-36(26)28(37)23(24)18-41-30(34)39)14-20-15-22(12-13-25(20)35-27)42-31(40)44-32(3,4)5;1-5-26(36-24(33)13(2)30)18-9-20-22-14(10-29(20)23(32)17(18)12-35-25(26)34)8-15-16(11-28(3)4)21(31)7-6-19(15)27-22/h12-16,19H,11,17-18H2,1-10H3;6-9,13,30-31H,5,10-12H2,1-4H3/t19-,34-;13-,26-/m00/s1. The second kappa shape index (κ2) is 21.2. The average Bonchev–Trinajstić information content (AvgIpc) is 2.14. The van der Waals surface area contributed by atoms with Gasteiger partial charge >= 0.3 is 30.0 Å². The largest absolute Gasteiger partial charge is 0.514 e. The van der Waals surface area contributed by atoms with E-state index in [0.717, 1.165) is 22.1 Å². The van der Waals surface area contributed by atoms with E-state index in [9.17, 15) is 43.8 Å². The van der Waals surface area contributed by atoms with Crippen molar-refractivity contribution in [2.24, 2.45) is 0 Å². The van der Waals surface area contributed by atoms with E-state index in [2.05, 4.69) is 20.8 Å². The minimum atomic E-state index is -2.34. The van der Waals surface area contributed by atoms with Crippen LogP contribution >= 0.6 is 0 Å². The first-order chi connectivity index (χ1) is 38.3. The zero-order valence-electron chi connectivity index (χ0n) is 48.6. The Morgan fingerprint density at radius 1 is 0.744 bits per heavy atom. The number of fused-ring (bicyclic) bond motifs is 10. The molecule has 0 aliphatic carbocycles. The maximum atomic E-state index is 13.9.